The first-order chi connectivity index (χ1) is 17.5. The molecule has 1 saturated heterocycles. The summed E-state index contributed by atoms with van der Waals surface area (Å²) in [6.45, 7) is 1.75. The second-order valence-corrected chi connectivity index (χ2v) is 11.4. The van der Waals surface area contributed by atoms with Crippen molar-refractivity contribution in [1.82, 2.24) is 0 Å². The van der Waals surface area contributed by atoms with Crippen molar-refractivity contribution in [3.05, 3.63) is 59.7 Å². The molecule has 2 heterocycles. The lowest BCUT2D eigenvalue weighted by molar-refractivity contribution is -0.939. The van der Waals surface area contributed by atoms with Crippen molar-refractivity contribution in [2.45, 2.75) is 75.7 Å². The highest BCUT2D eigenvalue weighted by atomic mass is 17.5. The number of nitrogens with zero attached hydrogens (tertiary/aromatic N) is 1. The lowest BCUT2D eigenvalue weighted by Crippen LogP contribution is -2.52. The van der Waals surface area contributed by atoms with Gasteiger partial charge in [0.2, 0.25) is 11.5 Å². The van der Waals surface area contributed by atoms with Gasteiger partial charge in [-0.1, -0.05) is 56.0 Å². The van der Waals surface area contributed by atoms with Crippen LogP contribution in [0.3, 0.4) is 0 Å². The van der Waals surface area contributed by atoms with E-state index in [2.05, 4.69) is 12.1 Å². The number of carbonyl (C=O) groups is 1. The Hall–Kier alpha value is -2.61. The Bertz CT molecular complexity index is 1100. The van der Waals surface area contributed by atoms with Crippen LogP contribution in [0.1, 0.15) is 62.5 Å². The predicted molar refractivity (Wildman–Crippen MR) is 131 cm³/mol. The van der Waals surface area contributed by atoms with Crippen LogP contribution < -0.4 is 9.78 Å². The van der Waals surface area contributed by atoms with Gasteiger partial charge in [0.15, 0.2) is 11.7 Å². The van der Waals surface area contributed by atoms with Crippen LogP contribution in [0.2, 0.25) is 0 Å². The summed E-state index contributed by atoms with van der Waals surface area (Å²) in [6.07, 6.45) is 7.98. The molecule has 2 aliphatic carbocycles. The maximum Gasteiger partial charge on any atom is 0.343 e. The third-order valence-corrected chi connectivity index (χ3v) is 9.14. The highest BCUT2D eigenvalue weighted by Gasteiger charge is 2.59. The maximum atomic E-state index is 13.9. The van der Waals surface area contributed by atoms with E-state index in [4.69, 9.17) is 14.5 Å². The number of carbonyl (C=O) groups excluding carboxylic acids is 1. The van der Waals surface area contributed by atoms with E-state index in [0.29, 0.717) is 23.0 Å². The summed E-state index contributed by atoms with van der Waals surface area (Å²) in [5.74, 6) is 0.884. The second kappa shape index (κ2) is 9.36. The fourth-order valence-electron chi connectivity index (χ4n) is 7.33. The van der Waals surface area contributed by atoms with Crippen LogP contribution in [-0.4, -0.2) is 41.3 Å². The number of ether oxygens (including phenoxy) is 1. The quantitative estimate of drug-likeness (QED) is 0.269. The zero-order valence-corrected chi connectivity index (χ0v) is 20.9. The molecule has 0 spiro atoms. The SMILES string of the molecule is C[N+]1(Cc2ccc3c(c2)OOO3)CC2CC[C@H]1C2OC(=O)C(O)(c1ccccc1)C1CCCCCC1. The molecule has 1 N–H and O–H groups in total. The monoisotopic (exact) mass is 494 g/mol. The number of likely N-dealkylation sites (N-methyl/N-ethyl adjacent to an activating group) is 1. The minimum atomic E-state index is -1.60. The van der Waals surface area contributed by atoms with Crippen molar-refractivity contribution >= 4 is 5.97 Å². The number of benzene rings is 2. The van der Waals surface area contributed by atoms with Gasteiger partial charge in [-0.25, -0.2) is 4.79 Å². The third kappa shape index (κ3) is 4.07. The Morgan fingerprint density at radius 3 is 2.53 bits per heavy atom. The zero-order valence-electron chi connectivity index (χ0n) is 20.9. The van der Waals surface area contributed by atoms with E-state index < -0.39 is 11.6 Å². The van der Waals surface area contributed by atoms with E-state index in [9.17, 15) is 9.90 Å². The van der Waals surface area contributed by atoms with Gasteiger partial charge in [-0.05, 0) is 43.0 Å². The summed E-state index contributed by atoms with van der Waals surface area (Å²) >= 11 is 0. The molecule has 0 radical (unpaired) electrons. The molecule has 2 saturated carbocycles. The number of fused-ring (bicyclic) bond motifs is 3. The first-order valence-corrected chi connectivity index (χ1v) is 13.4. The first kappa shape index (κ1) is 23.8. The lowest BCUT2D eigenvalue weighted by Gasteiger charge is -2.39. The number of esters is 1. The molecule has 2 aromatic rings. The smallest absolute Gasteiger partial charge is 0.343 e. The van der Waals surface area contributed by atoms with Crippen LogP contribution in [0, 0.1) is 11.8 Å². The highest BCUT2D eigenvalue weighted by molar-refractivity contribution is 5.82. The van der Waals surface area contributed by atoms with Gasteiger partial charge in [0, 0.05) is 22.9 Å². The zero-order chi connectivity index (χ0) is 24.8. The van der Waals surface area contributed by atoms with Crippen LogP contribution in [0.5, 0.6) is 11.5 Å². The fraction of sp³-hybridized carbons (Fsp3) is 0.552. The molecular weight excluding hydrogens is 458 g/mol. The van der Waals surface area contributed by atoms with Crippen LogP contribution in [0.25, 0.3) is 0 Å². The average molecular weight is 495 g/mol. The molecule has 2 bridgehead atoms. The van der Waals surface area contributed by atoms with Crippen molar-refractivity contribution in [1.29, 1.82) is 0 Å². The number of piperidine rings is 1. The Kier molecular flexibility index (Phi) is 6.18. The molecule has 2 aliphatic heterocycles. The lowest BCUT2D eigenvalue weighted by atomic mass is 9.77. The van der Waals surface area contributed by atoms with Crippen LogP contribution in [0.4, 0.5) is 0 Å². The van der Waals surface area contributed by atoms with Crippen molar-refractivity contribution in [3.63, 3.8) is 0 Å². The Balaban J connectivity index is 1.23. The van der Waals surface area contributed by atoms with Crippen LogP contribution in [0.15, 0.2) is 48.5 Å². The summed E-state index contributed by atoms with van der Waals surface area (Å²) < 4.78 is 7.15. The highest BCUT2D eigenvalue weighted by Crippen LogP contribution is 2.47. The average Bonchev–Trinajstić information content (AvgIpc) is 3.49. The number of rotatable bonds is 6. The van der Waals surface area contributed by atoms with E-state index in [1.54, 1.807) is 0 Å². The number of likely N-dealkylation sites (tertiary alicyclic amines) is 1. The van der Waals surface area contributed by atoms with Gasteiger partial charge in [0.05, 0.1) is 19.5 Å². The van der Waals surface area contributed by atoms with E-state index in [1.165, 1.54) is 0 Å². The summed E-state index contributed by atoms with van der Waals surface area (Å²) in [6, 6.07) is 15.5. The van der Waals surface area contributed by atoms with Gasteiger partial charge >= 0.3 is 5.97 Å². The van der Waals surface area contributed by atoms with Crippen molar-refractivity contribution < 1.29 is 33.9 Å². The summed E-state index contributed by atoms with van der Waals surface area (Å²) in [5.41, 5.74) is 0.184. The molecule has 5 atom stereocenters. The molecule has 7 heteroatoms. The van der Waals surface area contributed by atoms with Crippen molar-refractivity contribution in [2.24, 2.45) is 11.8 Å². The molecule has 4 unspecified atom stereocenters. The molecule has 192 valence electrons. The van der Waals surface area contributed by atoms with Crippen LogP contribution in [-0.2, 0) is 26.7 Å². The second-order valence-electron chi connectivity index (χ2n) is 11.4. The molecule has 7 nitrogen and oxygen atoms in total. The minimum absolute atomic E-state index is 0.120. The Morgan fingerprint density at radius 2 is 1.75 bits per heavy atom. The standard InChI is InChI=1S/C29H36NO6/c1-30(18-20-13-16-25-26(17-20)35-36-34-25)19-21-14-15-24(30)27(21)33-28(31)29(32,23-11-7-4-8-12-23)22-9-5-2-3-6-10-22/h4,7-8,11-13,16-17,21-22,24,27,32H,2-3,5-6,9-10,14-15,18-19H2,1H3/q+1/t21?,24-,27?,29?,30?/m0/s1. The molecule has 3 fully saturated rings. The van der Waals surface area contributed by atoms with Gasteiger partial charge in [0.1, 0.15) is 12.6 Å². The molecule has 0 aromatic heterocycles. The van der Waals surface area contributed by atoms with Gasteiger partial charge < -0.3 is 14.3 Å². The third-order valence-electron chi connectivity index (χ3n) is 9.14. The van der Waals surface area contributed by atoms with Gasteiger partial charge in [-0.15, -0.1) is 0 Å². The molecule has 0 amide bonds. The topological polar surface area (TPSA) is 74.2 Å². The summed E-state index contributed by atoms with van der Waals surface area (Å²) in [4.78, 5) is 24.0. The van der Waals surface area contributed by atoms with Gasteiger partial charge in [-0.2, -0.15) is 0 Å². The largest absolute Gasteiger partial charge is 0.453 e. The van der Waals surface area contributed by atoms with E-state index in [1.807, 2.05) is 48.5 Å². The Labute approximate surface area is 212 Å². The van der Waals surface area contributed by atoms with Crippen molar-refractivity contribution in [2.75, 3.05) is 13.6 Å². The van der Waals surface area contributed by atoms with Gasteiger partial charge in [0.25, 0.3) is 0 Å². The van der Waals surface area contributed by atoms with E-state index in [0.717, 1.165) is 74.5 Å². The molecule has 36 heavy (non-hydrogen) atoms. The summed E-state index contributed by atoms with van der Waals surface area (Å²) in [7, 11) is 2.25. The van der Waals surface area contributed by atoms with E-state index in [-0.39, 0.29) is 18.1 Å². The minimum Gasteiger partial charge on any atom is -0.453 e. The molecule has 6 rings (SSSR count). The number of hydrogen-bond donors (Lipinski definition) is 1. The number of aliphatic hydroxyl groups is 1. The number of quaternary nitrogens is 1. The molecule has 2 aromatic carbocycles. The van der Waals surface area contributed by atoms with E-state index >= 15 is 0 Å². The fourth-order valence-corrected chi connectivity index (χ4v) is 7.33. The predicted octanol–water partition coefficient (Wildman–Crippen LogP) is 4.81. The first-order valence-electron chi connectivity index (χ1n) is 13.4. The summed E-state index contributed by atoms with van der Waals surface area (Å²) in [5, 5.41) is 16.7. The number of hydrogen-bond acceptors (Lipinski definition) is 6. The molecule has 4 aliphatic rings. The Morgan fingerprint density at radius 1 is 1.00 bits per heavy atom. The van der Waals surface area contributed by atoms with Crippen LogP contribution >= 0.6 is 0 Å². The normalized spacial score (nSPS) is 31.1. The van der Waals surface area contributed by atoms with Crippen molar-refractivity contribution in [3.8, 4) is 11.5 Å². The maximum absolute atomic E-state index is 13.9. The molecular formula is C29H36NO6+. The van der Waals surface area contributed by atoms with Gasteiger partial charge in [-0.3, -0.25) is 9.78 Å².